The quantitative estimate of drug-likeness (QED) is 0.880. The molecule has 3 rings (SSSR count). The van der Waals surface area contributed by atoms with E-state index < -0.39 is 0 Å². The molecule has 2 nitrogen and oxygen atoms in total. The van der Waals surface area contributed by atoms with Crippen molar-refractivity contribution in [2.45, 2.75) is 51.1 Å². The third kappa shape index (κ3) is 2.54. The van der Waals surface area contributed by atoms with Crippen LogP contribution < -0.4 is 0 Å². The van der Waals surface area contributed by atoms with Crippen molar-refractivity contribution in [1.29, 1.82) is 0 Å². The first kappa shape index (κ1) is 12.0. The van der Waals surface area contributed by atoms with Gasteiger partial charge in [0, 0.05) is 12.6 Å². The fourth-order valence-electron chi connectivity index (χ4n) is 3.76. The van der Waals surface area contributed by atoms with Crippen molar-refractivity contribution < 1.29 is 5.11 Å². The SMILES string of the molecule is Oc1ccc(CN2CCCC2C2CCCC2)cc1. The summed E-state index contributed by atoms with van der Waals surface area (Å²) < 4.78 is 0. The van der Waals surface area contributed by atoms with E-state index in [0.717, 1.165) is 18.5 Å². The first-order valence-electron chi connectivity index (χ1n) is 7.35. The number of aromatic hydroxyl groups is 1. The molecule has 0 spiro atoms. The first-order chi connectivity index (χ1) is 8.83. The minimum Gasteiger partial charge on any atom is -0.508 e. The molecule has 0 amide bonds. The van der Waals surface area contributed by atoms with Crippen LogP contribution >= 0.6 is 0 Å². The fraction of sp³-hybridized carbons (Fsp3) is 0.625. The van der Waals surface area contributed by atoms with Gasteiger partial charge < -0.3 is 5.11 Å². The first-order valence-corrected chi connectivity index (χ1v) is 7.35. The molecular weight excluding hydrogens is 222 g/mol. The molecule has 2 fully saturated rings. The van der Waals surface area contributed by atoms with Crippen molar-refractivity contribution in [3.63, 3.8) is 0 Å². The lowest BCUT2D eigenvalue weighted by molar-refractivity contribution is 0.183. The molecule has 1 aliphatic carbocycles. The van der Waals surface area contributed by atoms with Gasteiger partial charge in [-0.3, -0.25) is 4.90 Å². The molecule has 1 aromatic rings. The third-order valence-electron chi connectivity index (χ3n) is 4.68. The number of hydrogen-bond donors (Lipinski definition) is 1. The van der Waals surface area contributed by atoms with Crippen molar-refractivity contribution in [3.05, 3.63) is 29.8 Å². The van der Waals surface area contributed by atoms with Gasteiger partial charge in [-0.05, 0) is 55.8 Å². The highest BCUT2D eigenvalue weighted by atomic mass is 16.3. The Morgan fingerprint density at radius 1 is 1.00 bits per heavy atom. The number of phenolic OH excluding ortho intramolecular Hbond substituents is 1. The van der Waals surface area contributed by atoms with Gasteiger partial charge in [0.25, 0.3) is 0 Å². The van der Waals surface area contributed by atoms with Gasteiger partial charge in [0.1, 0.15) is 5.75 Å². The lowest BCUT2D eigenvalue weighted by Crippen LogP contribution is -2.34. The van der Waals surface area contributed by atoms with E-state index in [0.29, 0.717) is 5.75 Å². The number of hydrogen-bond acceptors (Lipinski definition) is 2. The van der Waals surface area contributed by atoms with E-state index in [4.69, 9.17) is 0 Å². The van der Waals surface area contributed by atoms with Gasteiger partial charge in [-0.2, -0.15) is 0 Å². The maximum atomic E-state index is 9.33. The van der Waals surface area contributed by atoms with Crippen molar-refractivity contribution in [3.8, 4) is 5.75 Å². The monoisotopic (exact) mass is 245 g/mol. The third-order valence-corrected chi connectivity index (χ3v) is 4.68. The van der Waals surface area contributed by atoms with Gasteiger partial charge in [-0.1, -0.05) is 25.0 Å². The summed E-state index contributed by atoms with van der Waals surface area (Å²) in [6.07, 6.45) is 8.51. The molecule has 1 aromatic carbocycles. The smallest absolute Gasteiger partial charge is 0.115 e. The van der Waals surface area contributed by atoms with Crippen LogP contribution in [0.25, 0.3) is 0 Å². The number of nitrogens with zero attached hydrogens (tertiary/aromatic N) is 1. The van der Waals surface area contributed by atoms with Gasteiger partial charge in [0.2, 0.25) is 0 Å². The zero-order valence-corrected chi connectivity index (χ0v) is 11.0. The van der Waals surface area contributed by atoms with Crippen LogP contribution in [0.3, 0.4) is 0 Å². The van der Waals surface area contributed by atoms with E-state index in [9.17, 15) is 5.11 Å². The summed E-state index contributed by atoms with van der Waals surface area (Å²) in [5.74, 6) is 1.32. The molecule has 1 unspecified atom stereocenters. The molecule has 0 aromatic heterocycles. The van der Waals surface area contributed by atoms with Gasteiger partial charge in [-0.25, -0.2) is 0 Å². The van der Waals surface area contributed by atoms with E-state index >= 15 is 0 Å². The maximum absolute atomic E-state index is 9.33. The van der Waals surface area contributed by atoms with Gasteiger partial charge in [-0.15, -0.1) is 0 Å². The molecule has 0 bridgehead atoms. The minimum atomic E-state index is 0.368. The predicted octanol–water partition coefficient (Wildman–Crippen LogP) is 3.55. The maximum Gasteiger partial charge on any atom is 0.115 e. The molecule has 18 heavy (non-hydrogen) atoms. The average Bonchev–Trinajstić information content (AvgIpc) is 3.02. The lowest BCUT2D eigenvalue weighted by atomic mass is 9.96. The minimum absolute atomic E-state index is 0.368. The summed E-state index contributed by atoms with van der Waals surface area (Å²) in [6, 6.07) is 8.53. The van der Waals surface area contributed by atoms with Crippen molar-refractivity contribution in [2.24, 2.45) is 5.92 Å². The van der Waals surface area contributed by atoms with E-state index in [1.807, 2.05) is 0 Å². The molecule has 1 heterocycles. The van der Waals surface area contributed by atoms with Crippen LogP contribution in [0.4, 0.5) is 0 Å². The van der Waals surface area contributed by atoms with Crippen LogP contribution in [-0.4, -0.2) is 22.6 Å². The highest BCUT2D eigenvalue weighted by molar-refractivity contribution is 5.25. The van der Waals surface area contributed by atoms with Crippen LogP contribution in [-0.2, 0) is 6.54 Å². The van der Waals surface area contributed by atoms with Gasteiger partial charge in [0.05, 0.1) is 0 Å². The number of rotatable bonds is 3. The van der Waals surface area contributed by atoms with E-state index in [1.165, 1.54) is 50.6 Å². The molecule has 98 valence electrons. The van der Waals surface area contributed by atoms with Crippen molar-refractivity contribution in [2.75, 3.05) is 6.54 Å². The Labute approximate surface area is 110 Å². The topological polar surface area (TPSA) is 23.5 Å². The molecular formula is C16H23NO. The Morgan fingerprint density at radius 2 is 1.72 bits per heavy atom. The van der Waals surface area contributed by atoms with Crippen LogP contribution in [0.2, 0.25) is 0 Å². The van der Waals surface area contributed by atoms with Crippen LogP contribution in [0, 0.1) is 5.92 Å². The zero-order valence-electron chi connectivity index (χ0n) is 11.0. The number of phenols is 1. The normalized spacial score (nSPS) is 25.9. The Bertz CT molecular complexity index is 381. The molecule has 2 aliphatic rings. The van der Waals surface area contributed by atoms with Crippen LogP contribution in [0.5, 0.6) is 5.75 Å². The van der Waals surface area contributed by atoms with E-state index in [-0.39, 0.29) is 0 Å². The van der Waals surface area contributed by atoms with E-state index in [1.54, 1.807) is 12.1 Å². The van der Waals surface area contributed by atoms with Gasteiger partial charge >= 0.3 is 0 Å². The highest BCUT2D eigenvalue weighted by Crippen LogP contribution is 2.36. The van der Waals surface area contributed by atoms with Crippen molar-refractivity contribution in [1.82, 2.24) is 4.90 Å². The van der Waals surface area contributed by atoms with Gasteiger partial charge in [0.15, 0.2) is 0 Å². The second kappa shape index (κ2) is 5.31. The largest absolute Gasteiger partial charge is 0.508 e. The number of likely N-dealkylation sites (tertiary alicyclic amines) is 1. The summed E-state index contributed by atoms with van der Waals surface area (Å²) in [5.41, 5.74) is 1.33. The lowest BCUT2D eigenvalue weighted by Gasteiger charge is -2.29. The Kier molecular flexibility index (Phi) is 3.55. The standard InChI is InChI=1S/C16H23NO/c18-15-9-7-13(8-10-15)12-17-11-3-6-16(17)14-4-1-2-5-14/h7-10,14,16,18H,1-6,11-12H2. The summed E-state index contributed by atoms with van der Waals surface area (Å²) in [4.78, 5) is 2.67. The molecule has 2 heteroatoms. The molecule has 1 N–H and O–H groups in total. The Morgan fingerprint density at radius 3 is 2.44 bits per heavy atom. The fourth-order valence-corrected chi connectivity index (χ4v) is 3.76. The molecule has 1 saturated heterocycles. The molecule has 1 atom stereocenters. The zero-order chi connectivity index (χ0) is 12.4. The molecule has 1 aliphatic heterocycles. The highest BCUT2D eigenvalue weighted by Gasteiger charge is 2.32. The summed E-state index contributed by atoms with van der Waals surface area (Å²) in [5, 5.41) is 9.33. The Hall–Kier alpha value is -1.02. The average molecular weight is 245 g/mol. The van der Waals surface area contributed by atoms with Crippen molar-refractivity contribution >= 4 is 0 Å². The molecule has 0 radical (unpaired) electrons. The predicted molar refractivity (Wildman–Crippen MR) is 73.5 cm³/mol. The molecule has 1 saturated carbocycles. The Balaban J connectivity index is 1.65. The second-order valence-corrected chi connectivity index (χ2v) is 5.89. The summed E-state index contributed by atoms with van der Waals surface area (Å²) in [7, 11) is 0. The summed E-state index contributed by atoms with van der Waals surface area (Å²) in [6.45, 7) is 2.31. The van der Waals surface area contributed by atoms with E-state index in [2.05, 4.69) is 17.0 Å². The second-order valence-electron chi connectivity index (χ2n) is 5.89. The number of benzene rings is 1. The van der Waals surface area contributed by atoms with Crippen LogP contribution in [0.15, 0.2) is 24.3 Å². The summed E-state index contributed by atoms with van der Waals surface area (Å²) >= 11 is 0. The van der Waals surface area contributed by atoms with Crippen LogP contribution in [0.1, 0.15) is 44.1 Å².